The number of carbonyl (C=O) groups is 2. The van der Waals surface area contributed by atoms with Crippen molar-refractivity contribution in [2.75, 3.05) is 16.8 Å². The average Bonchev–Trinajstić information content (AvgIpc) is 3.28. The van der Waals surface area contributed by atoms with E-state index < -0.39 is 46.4 Å². The van der Waals surface area contributed by atoms with Gasteiger partial charge in [-0.1, -0.05) is 12.1 Å². The molecule has 10 heteroatoms. The van der Waals surface area contributed by atoms with Crippen molar-refractivity contribution in [2.24, 2.45) is 0 Å². The number of nitrogens with one attached hydrogen (secondary N) is 2. The van der Waals surface area contributed by atoms with Crippen molar-refractivity contribution in [1.82, 2.24) is 4.98 Å². The Morgan fingerprint density at radius 2 is 1.83 bits per heavy atom. The van der Waals surface area contributed by atoms with Crippen LogP contribution in [0.1, 0.15) is 49.5 Å². The van der Waals surface area contributed by atoms with Gasteiger partial charge in [0.25, 0.3) is 5.91 Å². The summed E-state index contributed by atoms with van der Waals surface area (Å²) < 4.78 is 47.5. The molecule has 0 saturated carbocycles. The number of hydrogen-bond acceptors (Lipinski definition) is 5. The monoisotopic (exact) mass is 501 g/mol. The fraction of sp³-hybridized carbons (Fsp3) is 0.346. The zero-order valence-electron chi connectivity index (χ0n) is 20.0. The first-order chi connectivity index (χ1) is 16.8. The molecule has 2 heterocycles. The molecule has 190 valence electrons. The van der Waals surface area contributed by atoms with Crippen LogP contribution in [-0.4, -0.2) is 35.0 Å². The van der Waals surface area contributed by atoms with Crippen molar-refractivity contribution < 1.29 is 27.5 Å². The van der Waals surface area contributed by atoms with Crippen LogP contribution in [0.5, 0.6) is 0 Å². The Hall–Kier alpha value is -3.82. The minimum atomic E-state index is -4.80. The molecule has 1 amide bonds. The van der Waals surface area contributed by atoms with E-state index in [-0.39, 0.29) is 16.6 Å². The van der Waals surface area contributed by atoms with Crippen LogP contribution in [0.25, 0.3) is 10.9 Å². The van der Waals surface area contributed by atoms with Gasteiger partial charge in [0.05, 0.1) is 11.3 Å². The highest BCUT2D eigenvalue weighted by Gasteiger charge is 2.38. The number of alkyl halides is 3. The first-order valence-corrected chi connectivity index (χ1v) is 11.5. The predicted octanol–water partition coefficient (Wildman–Crippen LogP) is 5.11. The Balaban J connectivity index is 1.65. The number of halogens is 3. The number of aromatic nitrogens is 1. The van der Waals surface area contributed by atoms with Crippen molar-refractivity contribution in [1.29, 1.82) is 0 Å². The quantitative estimate of drug-likeness (QED) is 0.485. The number of fused-ring (bicyclic) bond motifs is 1. The Bertz CT molecular complexity index is 1380. The molecule has 36 heavy (non-hydrogen) atoms. The Kier molecular flexibility index (Phi) is 6.55. The van der Waals surface area contributed by atoms with E-state index in [0.29, 0.717) is 24.9 Å². The molecule has 7 nitrogen and oxygen atoms in total. The number of pyridine rings is 1. The number of amides is 1. The van der Waals surface area contributed by atoms with Crippen LogP contribution < -0.4 is 15.6 Å². The molecule has 1 saturated heterocycles. The number of carbonyl (C=O) groups excluding carboxylic acids is 2. The van der Waals surface area contributed by atoms with E-state index in [1.165, 1.54) is 18.3 Å². The number of aromatic amines is 1. The Labute approximate surface area is 205 Å². The molecule has 3 aromatic rings. The van der Waals surface area contributed by atoms with Gasteiger partial charge in [-0.05, 0) is 63.9 Å². The van der Waals surface area contributed by atoms with E-state index in [4.69, 9.17) is 4.74 Å². The Morgan fingerprint density at radius 1 is 1.11 bits per heavy atom. The van der Waals surface area contributed by atoms with Gasteiger partial charge in [-0.3, -0.25) is 9.59 Å². The van der Waals surface area contributed by atoms with E-state index in [0.717, 1.165) is 12.1 Å². The highest BCUT2D eigenvalue weighted by molar-refractivity contribution is 6.06. The number of rotatable bonds is 4. The smallest absolute Gasteiger partial charge is 0.418 e. The summed E-state index contributed by atoms with van der Waals surface area (Å²) in [5.74, 6) is -1.46. The number of para-hydroxylation sites is 1. The number of benzene rings is 2. The molecule has 1 atom stereocenters. The second kappa shape index (κ2) is 9.33. The fourth-order valence-electron chi connectivity index (χ4n) is 4.27. The van der Waals surface area contributed by atoms with Crippen LogP contribution in [0, 0.1) is 0 Å². The van der Waals surface area contributed by atoms with Gasteiger partial charge in [0, 0.05) is 29.3 Å². The highest BCUT2D eigenvalue weighted by Crippen LogP contribution is 2.39. The van der Waals surface area contributed by atoms with Crippen molar-refractivity contribution in [2.45, 2.75) is 51.4 Å². The normalized spacial score (nSPS) is 16.3. The van der Waals surface area contributed by atoms with E-state index in [9.17, 15) is 27.6 Å². The van der Waals surface area contributed by atoms with E-state index in [2.05, 4.69) is 10.3 Å². The first-order valence-electron chi connectivity index (χ1n) is 11.5. The number of esters is 1. The molecule has 1 fully saturated rings. The third-order valence-electron chi connectivity index (χ3n) is 5.85. The topological polar surface area (TPSA) is 91.5 Å². The van der Waals surface area contributed by atoms with Gasteiger partial charge in [-0.15, -0.1) is 0 Å². The minimum absolute atomic E-state index is 0.192. The van der Waals surface area contributed by atoms with Gasteiger partial charge in [0.1, 0.15) is 17.2 Å². The first kappa shape index (κ1) is 25.3. The van der Waals surface area contributed by atoms with E-state index >= 15 is 0 Å². The summed E-state index contributed by atoms with van der Waals surface area (Å²) in [5.41, 5.74) is -2.50. The lowest BCUT2D eigenvalue weighted by atomic mass is 10.1. The third kappa shape index (κ3) is 5.22. The van der Waals surface area contributed by atoms with Gasteiger partial charge >= 0.3 is 12.1 Å². The maximum Gasteiger partial charge on any atom is 0.418 e. The van der Waals surface area contributed by atoms with E-state index in [1.807, 2.05) is 0 Å². The lowest BCUT2D eigenvalue weighted by Crippen LogP contribution is -2.40. The molecule has 1 aliphatic rings. The summed E-state index contributed by atoms with van der Waals surface area (Å²) in [6.45, 7) is 5.57. The molecule has 1 aliphatic heterocycles. The molecule has 0 bridgehead atoms. The van der Waals surface area contributed by atoms with Gasteiger partial charge in [0.15, 0.2) is 0 Å². The highest BCUT2D eigenvalue weighted by atomic mass is 19.4. The summed E-state index contributed by atoms with van der Waals surface area (Å²) in [6.07, 6.45) is -2.54. The van der Waals surface area contributed by atoms with Crippen molar-refractivity contribution in [3.05, 3.63) is 70.0 Å². The fourth-order valence-corrected chi connectivity index (χ4v) is 4.27. The molecule has 0 radical (unpaired) electrons. The Morgan fingerprint density at radius 3 is 2.53 bits per heavy atom. The number of anilines is 2. The maximum atomic E-state index is 14.0. The number of nitrogens with zero attached hydrogens (tertiary/aromatic N) is 1. The van der Waals surface area contributed by atoms with Gasteiger partial charge in [-0.2, -0.15) is 13.2 Å². The average molecular weight is 502 g/mol. The molecule has 2 N–H and O–H groups in total. The zero-order valence-corrected chi connectivity index (χ0v) is 20.0. The number of H-pyrrole nitrogens is 1. The second-order valence-electron chi connectivity index (χ2n) is 9.64. The maximum absolute atomic E-state index is 14.0. The molecular weight excluding hydrogens is 475 g/mol. The van der Waals surface area contributed by atoms with Crippen LogP contribution >= 0.6 is 0 Å². The largest absolute Gasteiger partial charge is 0.458 e. The molecule has 0 spiro atoms. The summed E-state index contributed by atoms with van der Waals surface area (Å²) in [5, 5.41) is 2.48. The van der Waals surface area contributed by atoms with Crippen LogP contribution in [0.15, 0.2) is 53.5 Å². The summed E-state index contributed by atoms with van der Waals surface area (Å²) in [4.78, 5) is 42.6. The lowest BCUT2D eigenvalue weighted by Gasteiger charge is -2.29. The van der Waals surface area contributed by atoms with E-state index in [1.54, 1.807) is 43.9 Å². The summed E-state index contributed by atoms with van der Waals surface area (Å²) in [6, 6.07) is 9.27. The molecule has 1 unspecified atom stereocenters. The predicted molar refractivity (Wildman–Crippen MR) is 130 cm³/mol. The standard InChI is InChI=1S/C26H26F3N3O4/c1-25(2,3)36-24(35)21-9-6-12-32(21)15-10-11-20(18(13-15)26(27,28)29)31-23(34)17-14-30-19-8-5-4-7-16(19)22(17)33/h4-5,7-8,10-11,13-14,21H,6,9,12H2,1-3H3,(H,30,33)(H,31,34). The van der Waals surface area contributed by atoms with Gasteiger partial charge < -0.3 is 19.9 Å². The molecule has 0 aliphatic carbocycles. The van der Waals surface area contributed by atoms with Crippen LogP contribution in [0.2, 0.25) is 0 Å². The van der Waals surface area contributed by atoms with Crippen LogP contribution in [-0.2, 0) is 15.7 Å². The minimum Gasteiger partial charge on any atom is -0.458 e. The zero-order chi connectivity index (χ0) is 26.3. The lowest BCUT2D eigenvalue weighted by molar-refractivity contribution is -0.156. The molecule has 1 aromatic heterocycles. The van der Waals surface area contributed by atoms with Crippen LogP contribution in [0.3, 0.4) is 0 Å². The number of hydrogen-bond donors (Lipinski definition) is 2. The summed E-state index contributed by atoms with van der Waals surface area (Å²) >= 11 is 0. The van der Waals surface area contributed by atoms with Crippen LogP contribution in [0.4, 0.5) is 24.5 Å². The third-order valence-corrected chi connectivity index (χ3v) is 5.85. The molecule has 2 aromatic carbocycles. The van der Waals surface area contributed by atoms with Gasteiger partial charge in [-0.25, -0.2) is 4.79 Å². The molecular formula is C26H26F3N3O4. The van der Waals surface area contributed by atoms with Crippen molar-refractivity contribution in [3.8, 4) is 0 Å². The molecule has 4 rings (SSSR count). The summed E-state index contributed by atoms with van der Waals surface area (Å²) in [7, 11) is 0. The SMILES string of the molecule is CC(C)(C)OC(=O)C1CCCN1c1ccc(NC(=O)c2c[nH]c3ccccc3c2=O)c(C(F)(F)F)c1. The second-order valence-corrected chi connectivity index (χ2v) is 9.64. The van der Waals surface area contributed by atoms with Crippen molar-refractivity contribution >= 4 is 34.2 Å². The van der Waals surface area contributed by atoms with Gasteiger partial charge in [0.2, 0.25) is 5.43 Å². The van der Waals surface area contributed by atoms with Crippen molar-refractivity contribution in [3.63, 3.8) is 0 Å². The number of ether oxygens (including phenoxy) is 1.